The minimum Gasteiger partial charge on any atom is -0.486 e. The fraction of sp³-hybridized carbons (Fsp3) is 0.500. The van der Waals surface area contributed by atoms with Crippen LogP contribution in [0.3, 0.4) is 0 Å². The normalized spacial score (nSPS) is 23.1. The smallest absolute Gasteiger partial charge is 0.144 e. The van der Waals surface area contributed by atoms with Gasteiger partial charge in [0.05, 0.1) is 11.1 Å². The van der Waals surface area contributed by atoms with Crippen molar-refractivity contribution in [1.29, 1.82) is 0 Å². The van der Waals surface area contributed by atoms with Crippen LogP contribution in [0.2, 0.25) is 5.02 Å². The Kier molecular flexibility index (Phi) is 2.44. The molecule has 0 aliphatic carbocycles. The van der Waals surface area contributed by atoms with Gasteiger partial charge in [-0.25, -0.2) is 0 Å². The van der Waals surface area contributed by atoms with Crippen LogP contribution in [0, 0.1) is 6.92 Å². The summed E-state index contributed by atoms with van der Waals surface area (Å²) in [6, 6.07) is 3.79. The molecule has 3 heteroatoms. The van der Waals surface area contributed by atoms with Crippen LogP contribution in [0.15, 0.2) is 12.1 Å². The molecular weight excluding hydrogens is 212 g/mol. The van der Waals surface area contributed by atoms with Gasteiger partial charge < -0.3 is 9.84 Å². The third kappa shape index (κ3) is 1.97. The molecule has 1 heterocycles. The quantitative estimate of drug-likeness (QED) is 0.736. The Hall–Kier alpha value is -0.730. The predicted molar refractivity (Wildman–Crippen MR) is 60.5 cm³/mol. The number of hydrogen-bond donors (Lipinski definition) is 1. The van der Waals surface area contributed by atoms with E-state index in [0.717, 1.165) is 11.1 Å². The number of ether oxygens (including phenoxy) is 1. The Morgan fingerprint density at radius 2 is 2.13 bits per heavy atom. The summed E-state index contributed by atoms with van der Waals surface area (Å²) in [5.74, 6) is 0.631. The molecule has 1 aliphatic heterocycles. The number of hydrogen-bond acceptors (Lipinski definition) is 2. The highest BCUT2D eigenvalue weighted by molar-refractivity contribution is 6.32. The van der Waals surface area contributed by atoms with Gasteiger partial charge in [0.15, 0.2) is 0 Å². The van der Waals surface area contributed by atoms with E-state index >= 15 is 0 Å². The molecule has 0 amide bonds. The summed E-state index contributed by atoms with van der Waals surface area (Å²) in [7, 11) is 0. The molecule has 0 saturated heterocycles. The molecule has 0 spiro atoms. The summed E-state index contributed by atoms with van der Waals surface area (Å²) >= 11 is 6.10. The van der Waals surface area contributed by atoms with Crippen molar-refractivity contribution in [3.8, 4) is 5.75 Å². The molecule has 2 rings (SSSR count). The summed E-state index contributed by atoms with van der Waals surface area (Å²) in [4.78, 5) is 0. The maximum absolute atomic E-state index is 10.0. The zero-order valence-electron chi connectivity index (χ0n) is 9.17. The van der Waals surface area contributed by atoms with E-state index in [1.807, 2.05) is 32.9 Å². The first kappa shape index (κ1) is 10.8. The van der Waals surface area contributed by atoms with Crippen LogP contribution < -0.4 is 4.74 Å². The molecule has 0 fully saturated rings. The van der Waals surface area contributed by atoms with E-state index in [4.69, 9.17) is 16.3 Å². The Balaban J connectivity index is 2.55. The first-order valence-corrected chi connectivity index (χ1v) is 5.44. The van der Waals surface area contributed by atoms with Crippen LogP contribution in [0.25, 0.3) is 0 Å². The van der Waals surface area contributed by atoms with Crippen molar-refractivity contribution < 1.29 is 9.84 Å². The minimum atomic E-state index is -0.485. The SMILES string of the molecule is Cc1cc(Cl)c2c(c1)C(O)CC(C)(C)O2. The van der Waals surface area contributed by atoms with Crippen LogP contribution in [-0.4, -0.2) is 10.7 Å². The van der Waals surface area contributed by atoms with Crippen molar-refractivity contribution in [2.24, 2.45) is 0 Å². The van der Waals surface area contributed by atoms with Gasteiger partial charge in [-0.2, -0.15) is 0 Å². The monoisotopic (exact) mass is 226 g/mol. The molecule has 0 saturated carbocycles. The van der Waals surface area contributed by atoms with E-state index in [9.17, 15) is 5.11 Å². The molecule has 1 aromatic carbocycles. The van der Waals surface area contributed by atoms with Crippen molar-refractivity contribution in [1.82, 2.24) is 0 Å². The van der Waals surface area contributed by atoms with Gasteiger partial charge in [-0.15, -0.1) is 0 Å². The second kappa shape index (κ2) is 3.39. The molecule has 1 aliphatic rings. The molecular formula is C12H15ClO2. The average molecular weight is 227 g/mol. The molecule has 82 valence electrons. The highest BCUT2D eigenvalue weighted by atomic mass is 35.5. The van der Waals surface area contributed by atoms with Gasteiger partial charge in [0.1, 0.15) is 11.4 Å². The first-order chi connectivity index (χ1) is 6.89. The van der Waals surface area contributed by atoms with Crippen LogP contribution in [-0.2, 0) is 0 Å². The fourth-order valence-electron chi connectivity index (χ4n) is 2.00. The van der Waals surface area contributed by atoms with Gasteiger partial charge in [0, 0.05) is 12.0 Å². The number of halogens is 1. The average Bonchev–Trinajstić information content (AvgIpc) is 2.06. The molecule has 15 heavy (non-hydrogen) atoms. The van der Waals surface area contributed by atoms with Crippen molar-refractivity contribution in [3.05, 3.63) is 28.3 Å². The number of aryl methyl sites for hydroxylation is 1. The third-order valence-corrected chi connectivity index (χ3v) is 2.92. The third-order valence-electron chi connectivity index (χ3n) is 2.64. The molecule has 0 radical (unpaired) electrons. The highest BCUT2D eigenvalue weighted by Gasteiger charge is 2.34. The lowest BCUT2D eigenvalue weighted by atomic mass is 9.91. The molecule has 0 aromatic heterocycles. The standard InChI is InChI=1S/C12H15ClO2/c1-7-4-8-10(14)6-12(2,3)15-11(8)9(13)5-7/h4-5,10,14H,6H2,1-3H3. The maximum Gasteiger partial charge on any atom is 0.144 e. The van der Waals surface area contributed by atoms with Gasteiger partial charge in [0.2, 0.25) is 0 Å². The van der Waals surface area contributed by atoms with Crippen LogP contribution in [0.1, 0.15) is 37.5 Å². The largest absolute Gasteiger partial charge is 0.486 e. The molecule has 2 nitrogen and oxygen atoms in total. The van der Waals surface area contributed by atoms with E-state index in [-0.39, 0.29) is 5.60 Å². The van der Waals surface area contributed by atoms with Gasteiger partial charge >= 0.3 is 0 Å². The molecule has 0 bridgehead atoms. The van der Waals surface area contributed by atoms with Gasteiger partial charge in [-0.05, 0) is 38.5 Å². The van der Waals surface area contributed by atoms with Crippen LogP contribution >= 0.6 is 11.6 Å². The first-order valence-electron chi connectivity index (χ1n) is 5.06. The summed E-state index contributed by atoms with van der Waals surface area (Å²) in [5.41, 5.74) is 1.49. The van der Waals surface area contributed by atoms with Crippen LogP contribution in [0.4, 0.5) is 0 Å². The second-order valence-electron chi connectivity index (χ2n) is 4.75. The predicted octanol–water partition coefficient (Wildman–Crippen LogP) is 3.24. The van der Waals surface area contributed by atoms with Gasteiger partial charge in [-0.1, -0.05) is 11.6 Å². The number of benzene rings is 1. The van der Waals surface area contributed by atoms with Gasteiger partial charge in [0.25, 0.3) is 0 Å². The van der Waals surface area contributed by atoms with Crippen LogP contribution in [0.5, 0.6) is 5.75 Å². The molecule has 1 unspecified atom stereocenters. The van der Waals surface area contributed by atoms with Gasteiger partial charge in [-0.3, -0.25) is 0 Å². The zero-order chi connectivity index (χ0) is 11.2. The van der Waals surface area contributed by atoms with E-state index in [1.165, 1.54) is 0 Å². The summed E-state index contributed by atoms with van der Waals surface area (Å²) in [6.07, 6.45) is 0.112. The molecule has 1 atom stereocenters. The second-order valence-corrected chi connectivity index (χ2v) is 5.15. The summed E-state index contributed by atoms with van der Waals surface area (Å²) in [6.45, 7) is 5.86. The lowest BCUT2D eigenvalue weighted by molar-refractivity contribution is 0.0116. The molecule has 1 aromatic rings. The topological polar surface area (TPSA) is 29.5 Å². The lowest BCUT2D eigenvalue weighted by Gasteiger charge is -2.36. The Morgan fingerprint density at radius 1 is 1.47 bits per heavy atom. The zero-order valence-corrected chi connectivity index (χ0v) is 9.93. The van der Waals surface area contributed by atoms with Crippen molar-refractivity contribution in [2.45, 2.75) is 38.9 Å². The lowest BCUT2D eigenvalue weighted by Crippen LogP contribution is -2.35. The maximum atomic E-state index is 10.0. The van der Waals surface area contributed by atoms with E-state index in [1.54, 1.807) is 0 Å². The van der Waals surface area contributed by atoms with Crippen molar-refractivity contribution >= 4 is 11.6 Å². The van der Waals surface area contributed by atoms with E-state index in [2.05, 4.69) is 0 Å². The van der Waals surface area contributed by atoms with Crippen molar-refractivity contribution in [2.75, 3.05) is 0 Å². The van der Waals surface area contributed by atoms with E-state index < -0.39 is 6.10 Å². The van der Waals surface area contributed by atoms with E-state index in [0.29, 0.717) is 17.2 Å². The Bertz CT molecular complexity index is 399. The molecule has 1 N–H and O–H groups in total. The Labute approximate surface area is 94.8 Å². The van der Waals surface area contributed by atoms with Crippen molar-refractivity contribution in [3.63, 3.8) is 0 Å². The Morgan fingerprint density at radius 3 is 2.80 bits per heavy atom. The summed E-state index contributed by atoms with van der Waals surface area (Å²) in [5, 5.41) is 10.6. The number of aliphatic hydroxyl groups is 1. The highest BCUT2D eigenvalue weighted by Crippen LogP contribution is 2.43. The fourth-order valence-corrected chi connectivity index (χ4v) is 2.32. The summed E-state index contributed by atoms with van der Waals surface area (Å²) < 4.78 is 5.78. The minimum absolute atomic E-state index is 0.356. The number of rotatable bonds is 0. The number of fused-ring (bicyclic) bond motifs is 1. The number of aliphatic hydroxyl groups excluding tert-OH is 1.